The summed E-state index contributed by atoms with van der Waals surface area (Å²) in [4.78, 5) is 0. The van der Waals surface area contributed by atoms with Crippen molar-refractivity contribution in [1.82, 2.24) is 0 Å². The third-order valence-corrected chi connectivity index (χ3v) is 15.0. The van der Waals surface area contributed by atoms with Crippen molar-refractivity contribution >= 4 is 19.7 Å². The van der Waals surface area contributed by atoms with Gasteiger partial charge in [0, 0.05) is 7.11 Å². The average molecular weight is 519 g/mol. The number of methoxy groups -OCH3 is 1. The number of ether oxygens (including phenoxy) is 2. The molecule has 4 rings (SSSR count). The van der Waals surface area contributed by atoms with E-state index >= 15 is 0 Å². The summed E-state index contributed by atoms with van der Waals surface area (Å²) in [5.74, 6) is 0.659. The maximum atomic E-state index is 13.2. The summed E-state index contributed by atoms with van der Waals surface area (Å²) >= 11 is 0. The van der Waals surface area contributed by atoms with Crippen LogP contribution in [0.4, 0.5) is 0 Å². The molecule has 4 fully saturated rings. The lowest BCUT2D eigenvalue weighted by Gasteiger charge is -2.37. The topological polar surface area (TPSA) is 86.7 Å². The normalized spacial score (nSPS) is 40.6. The average Bonchev–Trinajstić information content (AvgIpc) is 2.85. The van der Waals surface area contributed by atoms with Gasteiger partial charge in [-0.2, -0.15) is 0 Å². The van der Waals surface area contributed by atoms with Crippen molar-refractivity contribution in [3.63, 3.8) is 0 Å². The fourth-order valence-corrected chi connectivity index (χ4v) is 11.8. The Morgan fingerprint density at radius 1 is 0.471 bits per heavy atom. The molecule has 0 aromatic carbocycles. The van der Waals surface area contributed by atoms with Crippen molar-refractivity contribution in [2.45, 2.75) is 149 Å². The minimum absolute atomic E-state index is 0.119. The minimum Gasteiger partial charge on any atom is -0.381 e. The summed E-state index contributed by atoms with van der Waals surface area (Å²) in [6, 6.07) is 0. The molecule has 4 aliphatic rings. The van der Waals surface area contributed by atoms with Crippen molar-refractivity contribution in [3.05, 3.63) is 0 Å². The smallest absolute Gasteiger partial charge is 0.156 e. The Hall–Kier alpha value is -0.180. The molecule has 0 N–H and O–H groups in total. The first-order chi connectivity index (χ1) is 16.2. The molecule has 0 atom stereocenters. The molecule has 0 aromatic rings. The summed E-state index contributed by atoms with van der Waals surface area (Å²) in [6.45, 7) is 2.22. The molecule has 0 radical (unpaired) electrons. The van der Waals surface area contributed by atoms with Gasteiger partial charge in [0.1, 0.15) is 0 Å². The Morgan fingerprint density at radius 2 is 0.765 bits per heavy atom. The molecule has 0 aliphatic heterocycles. The molecule has 0 heterocycles. The van der Waals surface area contributed by atoms with Gasteiger partial charge in [0.25, 0.3) is 0 Å². The van der Waals surface area contributed by atoms with Gasteiger partial charge in [-0.05, 0) is 109 Å². The second-order valence-electron chi connectivity index (χ2n) is 11.6. The van der Waals surface area contributed by atoms with E-state index in [2.05, 4.69) is 6.92 Å². The standard InChI is InChI=1S/C26H46O6S2/c1-19-3-11-23(12-4-19)33(27,28)25-15-7-21(8-16-25)32-22-9-17-26(18-10-22)34(29,30)24-13-5-20(31-2)6-14-24/h19-26H,3-18H2,1-2H3. The zero-order chi connectivity index (χ0) is 24.3. The number of hydrogen-bond acceptors (Lipinski definition) is 6. The van der Waals surface area contributed by atoms with Gasteiger partial charge in [0.15, 0.2) is 19.7 Å². The van der Waals surface area contributed by atoms with Crippen LogP contribution in [0.3, 0.4) is 0 Å². The van der Waals surface area contributed by atoms with E-state index in [0.717, 1.165) is 77.0 Å². The van der Waals surface area contributed by atoms with Crippen LogP contribution in [0.5, 0.6) is 0 Å². The molecule has 8 heteroatoms. The second kappa shape index (κ2) is 11.5. The summed E-state index contributed by atoms with van der Waals surface area (Å²) in [6.07, 6.45) is 13.4. The SMILES string of the molecule is COC1CCC(S(=O)(=O)C2CCC(OC3CCC(S(=O)(=O)C4CCC(C)CC4)CC3)CC2)CC1. The van der Waals surface area contributed by atoms with E-state index in [-0.39, 0.29) is 39.3 Å². The largest absolute Gasteiger partial charge is 0.381 e. The molecule has 4 aliphatic carbocycles. The third-order valence-electron chi connectivity index (χ3n) is 9.40. The Morgan fingerprint density at radius 3 is 1.09 bits per heavy atom. The van der Waals surface area contributed by atoms with Gasteiger partial charge in [0.2, 0.25) is 0 Å². The van der Waals surface area contributed by atoms with Gasteiger partial charge in [-0.1, -0.05) is 6.92 Å². The Kier molecular flexibility index (Phi) is 9.07. The van der Waals surface area contributed by atoms with Gasteiger partial charge >= 0.3 is 0 Å². The fourth-order valence-electron chi connectivity index (χ4n) is 6.96. The van der Waals surface area contributed by atoms with Gasteiger partial charge in [-0.3, -0.25) is 0 Å². The summed E-state index contributed by atoms with van der Waals surface area (Å²) in [5, 5.41) is -0.755. The van der Waals surface area contributed by atoms with E-state index in [9.17, 15) is 16.8 Å². The molecule has 198 valence electrons. The van der Waals surface area contributed by atoms with Crippen LogP contribution in [0.25, 0.3) is 0 Å². The number of sulfone groups is 2. The van der Waals surface area contributed by atoms with Crippen LogP contribution in [0.2, 0.25) is 0 Å². The Bertz CT molecular complexity index is 838. The van der Waals surface area contributed by atoms with Crippen LogP contribution >= 0.6 is 0 Å². The first-order valence-corrected chi connectivity index (χ1v) is 17.1. The van der Waals surface area contributed by atoms with E-state index in [4.69, 9.17) is 9.47 Å². The maximum Gasteiger partial charge on any atom is 0.156 e. The zero-order valence-electron chi connectivity index (χ0n) is 21.2. The number of hydrogen-bond donors (Lipinski definition) is 0. The van der Waals surface area contributed by atoms with Gasteiger partial charge in [0.05, 0.1) is 39.3 Å². The highest BCUT2D eigenvalue weighted by Crippen LogP contribution is 2.37. The van der Waals surface area contributed by atoms with E-state index in [1.807, 2.05) is 0 Å². The quantitative estimate of drug-likeness (QED) is 0.472. The Balaban J connectivity index is 1.20. The van der Waals surface area contributed by atoms with Crippen molar-refractivity contribution in [2.24, 2.45) is 5.92 Å². The van der Waals surface area contributed by atoms with Gasteiger partial charge in [-0.15, -0.1) is 0 Å². The van der Waals surface area contributed by atoms with Crippen LogP contribution < -0.4 is 0 Å². The van der Waals surface area contributed by atoms with Crippen molar-refractivity contribution < 1.29 is 26.3 Å². The van der Waals surface area contributed by atoms with E-state index in [0.29, 0.717) is 31.6 Å². The predicted molar refractivity (Wildman–Crippen MR) is 135 cm³/mol. The molecule has 0 aromatic heterocycles. The molecule has 0 amide bonds. The minimum atomic E-state index is -3.09. The molecule has 0 saturated heterocycles. The van der Waals surface area contributed by atoms with Crippen molar-refractivity contribution in [1.29, 1.82) is 0 Å². The molecule has 6 nitrogen and oxygen atoms in total. The second-order valence-corrected chi connectivity index (χ2v) is 16.7. The fraction of sp³-hybridized carbons (Fsp3) is 1.00. The zero-order valence-corrected chi connectivity index (χ0v) is 22.8. The summed E-state index contributed by atoms with van der Waals surface area (Å²) in [7, 11) is -4.41. The van der Waals surface area contributed by atoms with Gasteiger partial charge < -0.3 is 9.47 Å². The first-order valence-electron chi connectivity index (χ1n) is 13.8. The highest BCUT2D eigenvalue weighted by molar-refractivity contribution is 7.92. The lowest BCUT2D eigenvalue weighted by molar-refractivity contribution is -0.0442. The molecule has 0 bridgehead atoms. The maximum absolute atomic E-state index is 13.2. The predicted octanol–water partition coefficient (Wildman–Crippen LogP) is 4.99. The van der Waals surface area contributed by atoms with Crippen LogP contribution in [0.15, 0.2) is 0 Å². The summed E-state index contributed by atoms with van der Waals surface area (Å²) < 4.78 is 64.4. The lowest BCUT2D eigenvalue weighted by Crippen LogP contribution is -2.41. The van der Waals surface area contributed by atoms with Crippen molar-refractivity contribution in [2.75, 3.05) is 7.11 Å². The lowest BCUT2D eigenvalue weighted by atomic mass is 9.91. The third kappa shape index (κ3) is 6.20. The van der Waals surface area contributed by atoms with E-state index in [1.54, 1.807) is 7.11 Å². The van der Waals surface area contributed by atoms with Crippen LogP contribution in [0.1, 0.15) is 110 Å². The van der Waals surface area contributed by atoms with E-state index in [1.165, 1.54) is 0 Å². The van der Waals surface area contributed by atoms with E-state index < -0.39 is 19.7 Å². The molecule has 0 spiro atoms. The molecular weight excluding hydrogens is 472 g/mol. The molecular formula is C26H46O6S2. The Labute approximate surface area is 207 Å². The van der Waals surface area contributed by atoms with Crippen LogP contribution in [-0.4, -0.2) is 63.3 Å². The molecule has 4 saturated carbocycles. The molecule has 0 unspecified atom stereocenters. The van der Waals surface area contributed by atoms with Gasteiger partial charge in [-0.25, -0.2) is 16.8 Å². The highest BCUT2D eigenvalue weighted by Gasteiger charge is 2.41. The molecule has 34 heavy (non-hydrogen) atoms. The first kappa shape index (κ1) is 26.9. The highest BCUT2D eigenvalue weighted by atomic mass is 32.2. The van der Waals surface area contributed by atoms with Crippen molar-refractivity contribution in [3.8, 4) is 0 Å². The monoisotopic (exact) mass is 518 g/mol. The summed E-state index contributed by atoms with van der Waals surface area (Å²) in [5.41, 5.74) is 0. The van der Waals surface area contributed by atoms with Crippen LogP contribution in [-0.2, 0) is 29.1 Å². The number of rotatable bonds is 7. The van der Waals surface area contributed by atoms with Crippen LogP contribution in [0, 0.1) is 5.92 Å².